The molecule has 3 rings (SSSR count). The number of ketones is 1. The third-order valence-electron chi connectivity index (χ3n) is 5.09. The lowest BCUT2D eigenvalue weighted by atomic mass is 9.98. The lowest BCUT2D eigenvalue weighted by Gasteiger charge is -2.28. The number of nitrogens with zero attached hydrogens (tertiary/aromatic N) is 1. The minimum atomic E-state index is -3.87. The predicted molar refractivity (Wildman–Crippen MR) is 95.9 cm³/mol. The van der Waals surface area contributed by atoms with Crippen molar-refractivity contribution in [2.24, 2.45) is 17.8 Å². The first-order valence-corrected chi connectivity index (χ1v) is 10.4. The van der Waals surface area contributed by atoms with E-state index in [2.05, 4.69) is 0 Å². The van der Waals surface area contributed by atoms with Crippen molar-refractivity contribution in [2.45, 2.75) is 51.1 Å². The molecule has 0 bridgehead atoms. The summed E-state index contributed by atoms with van der Waals surface area (Å²) in [6.45, 7) is 7.70. The Hall–Kier alpha value is -1.73. The lowest BCUT2D eigenvalue weighted by molar-refractivity contribution is -0.147. The van der Waals surface area contributed by atoms with Crippen LogP contribution in [-0.4, -0.2) is 43.2 Å². The molecule has 2 fully saturated rings. The van der Waals surface area contributed by atoms with Crippen molar-refractivity contribution in [3.8, 4) is 0 Å². The molecule has 0 aromatic heterocycles. The van der Waals surface area contributed by atoms with Gasteiger partial charge in [0.05, 0.1) is 35.4 Å². The van der Waals surface area contributed by atoms with Gasteiger partial charge in [0, 0.05) is 0 Å². The Morgan fingerprint density at radius 2 is 1.85 bits per heavy atom. The number of carbonyl (C=O) groups excluding carboxylic acids is 2. The van der Waals surface area contributed by atoms with Crippen molar-refractivity contribution in [2.75, 3.05) is 6.61 Å². The van der Waals surface area contributed by atoms with Crippen LogP contribution in [0.2, 0.25) is 0 Å². The van der Waals surface area contributed by atoms with Crippen LogP contribution in [0.25, 0.3) is 0 Å². The summed E-state index contributed by atoms with van der Waals surface area (Å²) in [6, 6.07) is 5.25. The Kier molecular flexibility index (Phi) is 4.96. The van der Waals surface area contributed by atoms with Crippen LogP contribution in [0.5, 0.6) is 0 Å². The van der Waals surface area contributed by atoms with Gasteiger partial charge < -0.3 is 4.74 Å². The van der Waals surface area contributed by atoms with Crippen LogP contribution in [0.15, 0.2) is 29.2 Å². The molecule has 7 heteroatoms. The van der Waals surface area contributed by atoms with Crippen molar-refractivity contribution < 1.29 is 22.7 Å². The molecule has 0 radical (unpaired) electrons. The van der Waals surface area contributed by atoms with E-state index in [1.54, 1.807) is 31.2 Å². The quantitative estimate of drug-likeness (QED) is 0.708. The number of benzene rings is 1. The zero-order valence-electron chi connectivity index (χ0n) is 15.5. The summed E-state index contributed by atoms with van der Waals surface area (Å²) in [4.78, 5) is 25.1. The molecule has 1 saturated carbocycles. The molecule has 0 unspecified atom stereocenters. The number of Topliss-reactive ketones (excluding diaryl/α,β-unsaturated/α-hetero) is 1. The molecule has 0 amide bonds. The Labute approximate surface area is 154 Å². The molecule has 1 aliphatic heterocycles. The van der Waals surface area contributed by atoms with Crippen molar-refractivity contribution in [3.63, 3.8) is 0 Å². The first kappa shape index (κ1) is 19.0. The van der Waals surface area contributed by atoms with E-state index in [4.69, 9.17) is 4.74 Å². The molecule has 142 valence electrons. The van der Waals surface area contributed by atoms with Crippen LogP contribution in [0.1, 0.15) is 32.8 Å². The minimum absolute atomic E-state index is 0.153. The number of hydrogen-bond donors (Lipinski definition) is 0. The molecule has 0 spiro atoms. The SMILES string of the molecule is CCOC(=O)[C@H]1[C@@H]2C(=O)[C@H](CC(C)C)N(S(=O)(=O)c3ccc(C)cc3)[C@H]12. The van der Waals surface area contributed by atoms with E-state index < -0.39 is 39.9 Å². The Morgan fingerprint density at radius 1 is 1.23 bits per heavy atom. The van der Waals surface area contributed by atoms with E-state index in [0.717, 1.165) is 5.56 Å². The maximum atomic E-state index is 13.3. The Balaban J connectivity index is 1.98. The smallest absolute Gasteiger partial charge is 0.311 e. The van der Waals surface area contributed by atoms with Gasteiger partial charge in [0.25, 0.3) is 0 Å². The number of piperidine rings is 1. The van der Waals surface area contributed by atoms with Crippen LogP contribution < -0.4 is 0 Å². The van der Waals surface area contributed by atoms with E-state index in [1.165, 1.54) is 4.31 Å². The molecule has 6 nitrogen and oxygen atoms in total. The van der Waals surface area contributed by atoms with Gasteiger partial charge in [0.15, 0.2) is 5.78 Å². The van der Waals surface area contributed by atoms with Gasteiger partial charge in [-0.05, 0) is 38.3 Å². The molecule has 4 atom stereocenters. The van der Waals surface area contributed by atoms with Gasteiger partial charge in [-0.3, -0.25) is 9.59 Å². The fraction of sp³-hybridized carbons (Fsp3) is 0.579. The van der Waals surface area contributed by atoms with Crippen LogP contribution in [0.4, 0.5) is 0 Å². The van der Waals surface area contributed by atoms with Crippen molar-refractivity contribution in [3.05, 3.63) is 29.8 Å². The second-order valence-corrected chi connectivity index (χ2v) is 9.33. The highest BCUT2D eigenvalue weighted by atomic mass is 32.2. The highest BCUT2D eigenvalue weighted by Gasteiger charge is 2.72. The molecule has 1 aromatic carbocycles. The fourth-order valence-electron chi connectivity index (χ4n) is 3.86. The standard InChI is InChI=1S/C19H25NO5S/c1-5-25-19(22)16-15-17(16)20(14(18(15)21)10-11(2)3)26(23,24)13-8-6-12(4)7-9-13/h6-9,11,14-17H,5,10H2,1-4H3/t14-,15-,16-,17-/m0/s1. The van der Waals surface area contributed by atoms with E-state index in [-0.39, 0.29) is 23.2 Å². The van der Waals surface area contributed by atoms with Crippen molar-refractivity contribution in [1.82, 2.24) is 4.31 Å². The highest BCUT2D eigenvalue weighted by molar-refractivity contribution is 7.89. The summed E-state index contributed by atoms with van der Waals surface area (Å²) in [5.74, 6) is -1.72. The summed E-state index contributed by atoms with van der Waals surface area (Å²) in [6.07, 6.45) is 0.451. The van der Waals surface area contributed by atoms with Gasteiger partial charge in [0.2, 0.25) is 10.0 Å². The molecule has 0 N–H and O–H groups in total. The molecular weight excluding hydrogens is 354 g/mol. The largest absolute Gasteiger partial charge is 0.466 e. The van der Waals surface area contributed by atoms with E-state index >= 15 is 0 Å². The first-order valence-electron chi connectivity index (χ1n) is 9.00. The second kappa shape index (κ2) is 6.78. The molecular formula is C19H25NO5S. The zero-order valence-corrected chi connectivity index (χ0v) is 16.3. The molecule has 1 saturated heterocycles. The van der Waals surface area contributed by atoms with E-state index in [9.17, 15) is 18.0 Å². The maximum Gasteiger partial charge on any atom is 0.311 e. The number of sulfonamides is 1. The summed E-state index contributed by atoms with van der Waals surface area (Å²) >= 11 is 0. The Morgan fingerprint density at radius 3 is 2.38 bits per heavy atom. The number of aryl methyl sites for hydroxylation is 1. The average molecular weight is 379 g/mol. The van der Waals surface area contributed by atoms with Gasteiger partial charge in [-0.25, -0.2) is 8.42 Å². The highest BCUT2D eigenvalue weighted by Crippen LogP contribution is 2.54. The van der Waals surface area contributed by atoms with Gasteiger partial charge >= 0.3 is 5.97 Å². The predicted octanol–water partition coefficient (Wildman–Crippen LogP) is 2.16. The normalized spacial score (nSPS) is 28.3. The minimum Gasteiger partial charge on any atom is -0.466 e. The third kappa shape index (κ3) is 3.07. The Bertz CT molecular complexity index is 815. The maximum absolute atomic E-state index is 13.3. The summed E-state index contributed by atoms with van der Waals surface area (Å²) in [5, 5.41) is 0. The van der Waals surface area contributed by atoms with Crippen LogP contribution in [0.3, 0.4) is 0 Å². The number of esters is 1. The van der Waals surface area contributed by atoms with Crippen LogP contribution in [0, 0.1) is 24.7 Å². The fourth-order valence-corrected chi connectivity index (χ4v) is 5.69. The van der Waals surface area contributed by atoms with E-state index in [1.807, 2.05) is 20.8 Å². The second-order valence-electron chi connectivity index (χ2n) is 7.49. The van der Waals surface area contributed by atoms with Crippen LogP contribution >= 0.6 is 0 Å². The summed E-state index contributed by atoms with van der Waals surface area (Å²) < 4.78 is 32.9. The molecule has 1 heterocycles. The van der Waals surface area contributed by atoms with Gasteiger partial charge in [-0.2, -0.15) is 4.31 Å². The molecule has 1 aromatic rings. The lowest BCUT2D eigenvalue weighted by Crippen LogP contribution is -2.44. The monoisotopic (exact) mass is 379 g/mol. The van der Waals surface area contributed by atoms with Crippen LogP contribution in [-0.2, 0) is 24.3 Å². The third-order valence-corrected chi connectivity index (χ3v) is 7.01. The number of fused-ring (bicyclic) bond motifs is 1. The van der Waals surface area contributed by atoms with Gasteiger partial charge in [-0.15, -0.1) is 0 Å². The zero-order chi connectivity index (χ0) is 19.2. The van der Waals surface area contributed by atoms with E-state index in [0.29, 0.717) is 6.42 Å². The number of ether oxygens (including phenoxy) is 1. The molecule has 1 aliphatic carbocycles. The first-order chi connectivity index (χ1) is 12.2. The number of rotatable bonds is 6. The summed E-state index contributed by atoms with van der Waals surface area (Å²) in [5.41, 5.74) is 0.953. The summed E-state index contributed by atoms with van der Waals surface area (Å²) in [7, 11) is -3.87. The molecule has 26 heavy (non-hydrogen) atoms. The average Bonchev–Trinajstić information content (AvgIpc) is 3.21. The van der Waals surface area contributed by atoms with Gasteiger partial charge in [0.1, 0.15) is 0 Å². The van der Waals surface area contributed by atoms with Crippen molar-refractivity contribution >= 4 is 21.8 Å². The topological polar surface area (TPSA) is 80.8 Å². The van der Waals surface area contributed by atoms with Crippen molar-refractivity contribution in [1.29, 1.82) is 0 Å². The number of hydrogen-bond acceptors (Lipinski definition) is 5. The molecule has 2 aliphatic rings. The number of carbonyl (C=O) groups is 2. The van der Waals surface area contributed by atoms with Gasteiger partial charge in [-0.1, -0.05) is 31.5 Å².